The van der Waals surface area contributed by atoms with E-state index in [1.54, 1.807) is 12.2 Å². The highest BCUT2D eigenvalue weighted by Crippen LogP contribution is 2.24. The Bertz CT molecular complexity index is 250. The van der Waals surface area contributed by atoms with Crippen LogP contribution < -0.4 is 5.73 Å². The minimum atomic E-state index is -0.228. The molecule has 0 fully saturated rings. The van der Waals surface area contributed by atoms with E-state index in [0.29, 0.717) is 33.0 Å². The van der Waals surface area contributed by atoms with Crippen molar-refractivity contribution in [2.45, 2.75) is 13.3 Å². The average molecular weight is 255 g/mol. The van der Waals surface area contributed by atoms with Gasteiger partial charge in [-0.25, -0.2) is 0 Å². The van der Waals surface area contributed by atoms with Crippen molar-refractivity contribution in [1.29, 1.82) is 0 Å². The SMILES string of the molecule is C=CCOCC(CC)(COCC=C)COC(=C)N. The van der Waals surface area contributed by atoms with Crippen molar-refractivity contribution in [2.75, 3.05) is 33.0 Å². The van der Waals surface area contributed by atoms with Crippen LogP contribution in [0.3, 0.4) is 0 Å². The van der Waals surface area contributed by atoms with E-state index in [0.717, 1.165) is 6.42 Å². The molecule has 0 saturated heterocycles. The molecule has 0 atom stereocenters. The van der Waals surface area contributed by atoms with E-state index < -0.39 is 0 Å². The van der Waals surface area contributed by atoms with Crippen LogP contribution in [-0.4, -0.2) is 33.0 Å². The molecule has 0 bridgehead atoms. The van der Waals surface area contributed by atoms with Gasteiger partial charge in [0.1, 0.15) is 0 Å². The van der Waals surface area contributed by atoms with Gasteiger partial charge in [-0.3, -0.25) is 0 Å². The van der Waals surface area contributed by atoms with Crippen molar-refractivity contribution in [2.24, 2.45) is 11.1 Å². The van der Waals surface area contributed by atoms with Crippen molar-refractivity contribution < 1.29 is 14.2 Å². The summed E-state index contributed by atoms with van der Waals surface area (Å²) in [6.45, 7) is 15.3. The monoisotopic (exact) mass is 255 g/mol. The van der Waals surface area contributed by atoms with E-state index in [4.69, 9.17) is 19.9 Å². The Morgan fingerprint density at radius 1 is 1.11 bits per heavy atom. The first-order chi connectivity index (χ1) is 8.60. The predicted molar refractivity (Wildman–Crippen MR) is 74.0 cm³/mol. The average Bonchev–Trinajstić information content (AvgIpc) is 2.36. The Morgan fingerprint density at radius 3 is 1.94 bits per heavy atom. The second-order valence-corrected chi connectivity index (χ2v) is 4.22. The third kappa shape index (κ3) is 7.14. The van der Waals surface area contributed by atoms with Crippen LogP contribution in [0.25, 0.3) is 0 Å². The summed E-state index contributed by atoms with van der Waals surface area (Å²) in [5.74, 6) is 0.209. The summed E-state index contributed by atoms with van der Waals surface area (Å²) in [6, 6.07) is 0. The van der Waals surface area contributed by atoms with Crippen LogP contribution in [0.1, 0.15) is 13.3 Å². The molecule has 0 aromatic rings. The fourth-order valence-corrected chi connectivity index (χ4v) is 1.39. The van der Waals surface area contributed by atoms with Gasteiger partial charge in [-0.05, 0) is 13.0 Å². The topological polar surface area (TPSA) is 53.7 Å². The lowest BCUT2D eigenvalue weighted by atomic mass is 9.88. The molecular formula is C14H25NO3. The molecule has 0 aromatic heterocycles. The third-order valence-corrected chi connectivity index (χ3v) is 2.60. The molecule has 0 amide bonds. The Hall–Kier alpha value is -1.26. The fourth-order valence-electron chi connectivity index (χ4n) is 1.39. The first-order valence-corrected chi connectivity index (χ1v) is 6.04. The molecule has 0 aromatic carbocycles. The maximum Gasteiger partial charge on any atom is 0.176 e. The lowest BCUT2D eigenvalue weighted by Gasteiger charge is -2.31. The van der Waals surface area contributed by atoms with E-state index >= 15 is 0 Å². The molecule has 0 unspecified atom stereocenters. The molecule has 0 spiro atoms. The summed E-state index contributed by atoms with van der Waals surface area (Å²) in [5.41, 5.74) is 5.21. The van der Waals surface area contributed by atoms with E-state index in [1.165, 1.54) is 0 Å². The molecule has 0 saturated carbocycles. The first-order valence-electron chi connectivity index (χ1n) is 6.04. The quantitative estimate of drug-likeness (QED) is 0.330. The molecule has 0 rings (SSSR count). The van der Waals surface area contributed by atoms with Crippen molar-refractivity contribution >= 4 is 0 Å². The maximum absolute atomic E-state index is 5.53. The zero-order valence-corrected chi connectivity index (χ0v) is 11.3. The smallest absolute Gasteiger partial charge is 0.176 e. The van der Waals surface area contributed by atoms with Crippen LogP contribution in [0, 0.1) is 5.41 Å². The van der Waals surface area contributed by atoms with Crippen LogP contribution in [-0.2, 0) is 14.2 Å². The van der Waals surface area contributed by atoms with Crippen molar-refractivity contribution in [3.05, 3.63) is 37.8 Å². The minimum Gasteiger partial charge on any atom is -0.479 e. The molecule has 0 aliphatic heterocycles. The summed E-state index contributed by atoms with van der Waals surface area (Å²) in [6.07, 6.45) is 4.29. The molecule has 18 heavy (non-hydrogen) atoms. The van der Waals surface area contributed by atoms with Crippen LogP contribution in [0.5, 0.6) is 0 Å². The second-order valence-electron chi connectivity index (χ2n) is 4.22. The van der Waals surface area contributed by atoms with Gasteiger partial charge in [0.05, 0.1) is 38.4 Å². The van der Waals surface area contributed by atoms with Gasteiger partial charge in [0.15, 0.2) is 5.88 Å². The zero-order chi connectivity index (χ0) is 13.9. The van der Waals surface area contributed by atoms with Gasteiger partial charge in [-0.2, -0.15) is 0 Å². The molecule has 4 heteroatoms. The van der Waals surface area contributed by atoms with Gasteiger partial charge in [-0.15, -0.1) is 13.2 Å². The molecular weight excluding hydrogens is 230 g/mol. The van der Waals surface area contributed by atoms with Crippen LogP contribution in [0.15, 0.2) is 37.8 Å². The molecule has 104 valence electrons. The second kappa shape index (κ2) is 9.74. The molecule has 0 radical (unpaired) electrons. The van der Waals surface area contributed by atoms with Crippen LogP contribution >= 0.6 is 0 Å². The van der Waals surface area contributed by atoms with E-state index in [2.05, 4.69) is 26.7 Å². The van der Waals surface area contributed by atoms with Crippen LogP contribution in [0.2, 0.25) is 0 Å². The van der Waals surface area contributed by atoms with Crippen LogP contribution in [0.4, 0.5) is 0 Å². The van der Waals surface area contributed by atoms with Crippen molar-refractivity contribution in [3.8, 4) is 0 Å². The number of hydrogen-bond acceptors (Lipinski definition) is 4. The molecule has 0 aliphatic carbocycles. The Morgan fingerprint density at radius 2 is 1.61 bits per heavy atom. The predicted octanol–water partition coefficient (Wildman–Crippen LogP) is 2.23. The standard InChI is InChI=1S/C14H25NO3/c1-5-8-16-10-14(7-3,11-17-9-6-2)12-18-13(4)15/h5-6H,1-2,4,7-12,15H2,3H3. The number of nitrogens with two attached hydrogens (primary N) is 1. The van der Waals surface area contributed by atoms with Crippen molar-refractivity contribution in [3.63, 3.8) is 0 Å². The normalized spacial score (nSPS) is 10.9. The van der Waals surface area contributed by atoms with E-state index in [9.17, 15) is 0 Å². The summed E-state index contributed by atoms with van der Waals surface area (Å²) in [7, 11) is 0. The molecule has 0 aliphatic rings. The number of rotatable bonds is 12. The number of hydrogen-bond donors (Lipinski definition) is 1. The van der Waals surface area contributed by atoms with Gasteiger partial charge < -0.3 is 19.9 Å². The fraction of sp³-hybridized carbons (Fsp3) is 0.571. The molecule has 2 N–H and O–H groups in total. The highest BCUT2D eigenvalue weighted by Gasteiger charge is 2.30. The Labute approximate surface area is 110 Å². The lowest BCUT2D eigenvalue weighted by molar-refractivity contribution is -0.0501. The van der Waals surface area contributed by atoms with Crippen molar-refractivity contribution in [1.82, 2.24) is 0 Å². The van der Waals surface area contributed by atoms with Gasteiger partial charge in [0.2, 0.25) is 0 Å². The zero-order valence-electron chi connectivity index (χ0n) is 11.3. The molecule has 4 nitrogen and oxygen atoms in total. The Balaban J connectivity index is 4.42. The minimum absolute atomic E-state index is 0.209. The number of ether oxygens (including phenoxy) is 3. The summed E-state index contributed by atoms with van der Waals surface area (Å²) >= 11 is 0. The lowest BCUT2D eigenvalue weighted by Crippen LogP contribution is -2.37. The van der Waals surface area contributed by atoms with E-state index in [-0.39, 0.29) is 11.3 Å². The third-order valence-electron chi connectivity index (χ3n) is 2.60. The Kier molecular flexibility index (Phi) is 9.06. The van der Waals surface area contributed by atoms with Gasteiger partial charge >= 0.3 is 0 Å². The van der Waals surface area contributed by atoms with Gasteiger partial charge in [0, 0.05) is 0 Å². The summed E-state index contributed by atoms with van der Waals surface area (Å²) in [5, 5.41) is 0. The summed E-state index contributed by atoms with van der Waals surface area (Å²) in [4.78, 5) is 0. The van der Waals surface area contributed by atoms with E-state index in [1.807, 2.05) is 0 Å². The summed E-state index contributed by atoms with van der Waals surface area (Å²) < 4.78 is 16.4. The molecule has 0 heterocycles. The largest absolute Gasteiger partial charge is 0.479 e. The first kappa shape index (κ1) is 16.7. The van der Waals surface area contributed by atoms with Gasteiger partial charge in [0.25, 0.3) is 0 Å². The highest BCUT2D eigenvalue weighted by molar-refractivity contribution is 4.82. The van der Waals surface area contributed by atoms with Gasteiger partial charge in [-0.1, -0.05) is 19.1 Å². The highest BCUT2D eigenvalue weighted by atomic mass is 16.5. The maximum atomic E-state index is 5.53.